The average molecular weight is 288 g/mol. The maximum Gasteiger partial charge on any atom is 0.321 e. The molecule has 0 unspecified atom stereocenters. The van der Waals surface area contributed by atoms with Gasteiger partial charge < -0.3 is 15.3 Å². The number of aliphatic carboxylic acids is 1. The number of anilines is 1. The molecule has 1 aromatic carbocycles. The molecule has 0 aliphatic carbocycles. The van der Waals surface area contributed by atoms with Gasteiger partial charge in [-0.25, -0.2) is 4.79 Å². The molecule has 2 rings (SSSR count). The SMILES string of the molecule is CN(Cc1cn[nH]c1)C(=O)Nc1ccc(CC(=O)O)cc1. The summed E-state index contributed by atoms with van der Waals surface area (Å²) < 4.78 is 0. The highest BCUT2D eigenvalue weighted by Gasteiger charge is 2.10. The molecular weight excluding hydrogens is 272 g/mol. The first-order chi connectivity index (χ1) is 10.0. The van der Waals surface area contributed by atoms with Crippen molar-refractivity contribution in [3.8, 4) is 0 Å². The number of carbonyl (C=O) groups is 2. The summed E-state index contributed by atoms with van der Waals surface area (Å²) in [5.41, 5.74) is 2.21. The molecule has 2 amide bonds. The van der Waals surface area contributed by atoms with Crippen molar-refractivity contribution < 1.29 is 14.7 Å². The van der Waals surface area contributed by atoms with Gasteiger partial charge >= 0.3 is 12.0 Å². The minimum atomic E-state index is -0.883. The summed E-state index contributed by atoms with van der Waals surface area (Å²) in [6, 6.07) is 6.48. The fourth-order valence-electron chi connectivity index (χ4n) is 1.81. The van der Waals surface area contributed by atoms with Gasteiger partial charge in [0, 0.05) is 24.5 Å². The molecule has 0 saturated carbocycles. The van der Waals surface area contributed by atoms with Crippen molar-refractivity contribution in [3.05, 3.63) is 47.8 Å². The molecule has 1 heterocycles. The van der Waals surface area contributed by atoms with Crippen LogP contribution in [0.25, 0.3) is 0 Å². The van der Waals surface area contributed by atoms with Crippen LogP contribution in [0.5, 0.6) is 0 Å². The lowest BCUT2D eigenvalue weighted by atomic mass is 10.1. The van der Waals surface area contributed by atoms with Gasteiger partial charge in [-0.2, -0.15) is 5.10 Å². The molecule has 0 aliphatic rings. The molecule has 21 heavy (non-hydrogen) atoms. The van der Waals surface area contributed by atoms with E-state index in [4.69, 9.17) is 5.11 Å². The number of H-pyrrole nitrogens is 1. The molecular formula is C14H16N4O3. The number of benzene rings is 1. The Balaban J connectivity index is 1.91. The van der Waals surface area contributed by atoms with Crippen molar-refractivity contribution in [1.82, 2.24) is 15.1 Å². The Kier molecular flexibility index (Phi) is 4.55. The molecule has 2 aromatic rings. The summed E-state index contributed by atoms with van der Waals surface area (Å²) in [7, 11) is 1.68. The number of nitrogens with zero attached hydrogens (tertiary/aromatic N) is 2. The summed E-state index contributed by atoms with van der Waals surface area (Å²) in [6.45, 7) is 0.444. The minimum absolute atomic E-state index is 0.0331. The van der Waals surface area contributed by atoms with E-state index < -0.39 is 5.97 Å². The van der Waals surface area contributed by atoms with Crippen LogP contribution < -0.4 is 5.32 Å². The van der Waals surface area contributed by atoms with Gasteiger partial charge in [-0.15, -0.1) is 0 Å². The van der Waals surface area contributed by atoms with Crippen LogP contribution in [0.2, 0.25) is 0 Å². The number of urea groups is 1. The van der Waals surface area contributed by atoms with Gasteiger partial charge in [0.05, 0.1) is 19.2 Å². The number of amides is 2. The van der Waals surface area contributed by atoms with Crippen LogP contribution >= 0.6 is 0 Å². The van der Waals surface area contributed by atoms with Gasteiger partial charge in [0.1, 0.15) is 0 Å². The summed E-state index contributed by atoms with van der Waals surface area (Å²) in [6.07, 6.45) is 3.35. The zero-order valence-corrected chi connectivity index (χ0v) is 11.5. The normalized spacial score (nSPS) is 10.1. The first kappa shape index (κ1) is 14.6. The fraction of sp³-hybridized carbons (Fsp3) is 0.214. The number of carbonyl (C=O) groups excluding carboxylic acids is 1. The predicted molar refractivity (Wildman–Crippen MR) is 76.9 cm³/mol. The Morgan fingerprint density at radius 1 is 1.29 bits per heavy atom. The van der Waals surface area contributed by atoms with Crippen LogP contribution in [0, 0.1) is 0 Å². The number of carboxylic acid groups (broad SMARTS) is 1. The molecule has 0 radical (unpaired) electrons. The molecule has 7 heteroatoms. The molecule has 1 aromatic heterocycles. The summed E-state index contributed by atoms with van der Waals surface area (Å²) in [5.74, 6) is -0.883. The highest BCUT2D eigenvalue weighted by molar-refractivity contribution is 5.89. The lowest BCUT2D eigenvalue weighted by Crippen LogP contribution is -2.30. The Bertz CT molecular complexity index is 608. The van der Waals surface area contributed by atoms with Crippen LogP contribution in [0.15, 0.2) is 36.7 Å². The molecule has 110 valence electrons. The largest absolute Gasteiger partial charge is 0.481 e. The van der Waals surface area contributed by atoms with E-state index in [1.165, 1.54) is 4.90 Å². The van der Waals surface area contributed by atoms with Gasteiger partial charge in [0.2, 0.25) is 0 Å². The third-order valence-electron chi connectivity index (χ3n) is 2.88. The van der Waals surface area contributed by atoms with Gasteiger partial charge in [0.25, 0.3) is 0 Å². The monoisotopic (exact) mass is 288 g/mol. The molecule has 0 aliphatic heterocycles. The van der Waals surface area contributed by atoms with Gasteiger partial charge in [-0.05, 0) is 17.7 Å². The zero-order chi connectivity index (χ0) is 15.2. The summed E-state index contributed by atoms with van der Waals surface area (Å²) in [4.78, 5) is 24.1. The minimum Gasteiger partial charge on any atom is -0.481 e. The summed E-state index contributed by atoms with van der Waals surface area (Å²) >= 11 is 0. The van der Waals surface area contributed by atoms with E-state index in [2.05, 4.69) is 15.5 Å². The first-order valence-corrected chi connectivity index (χ1v) is 6.35. The number of aromatic amines is 1. The maximum atomic E-state index is 12.0. The maximum absolute atomic E-state index is 12.0. The number of rotatable bonds is 5. The molecule has 0 saturated heterocycles. The fourth-order valence-corrected chi connectivity index (χ4v) is 1.81. The van der Waals surface area contributed by atoms with Crippen LogP contribution in [-0.2, 0) is 17.8 Å². The average Bonchev–Trinajstić information content (AvgIpc) is 2.93. The predicted octanol–water partition coefficient (Wildman–Crippen LogP) is 1.70. The number of hydrogen-bond donors (Lipinski definition) is 3. The smallest absolute Gasteiger partial charge is 0.321 e. The van der Waals surface area contributed by atoms with Crippen LogP contribution in [0.3, 0.4) is 0 Å². The number of aromatic nitrogens is 2. The topological polar surface area (TPSA) is 98.3 Å². The second kappa shape index (κ2) is 6.56. The molecule has 7 nitrogen and oxygen atoms in total. The van der Waals surface area contributed by atoms with E-state index in [1.54, 1.807) is 43.7 Å². The van der Waals surface area contributed by atoms with Gasteiger partial charge in [-0.3, -0.25) is 9.89 Å². The second-order valence-electron chi connectivity index (χ2n) is 4.66. The van der Waals surface area contributed by atoms with E-state index in [0.717, 1.165) is 5.56 Å². The molecule has 0 fully saturated rings. The Labute approximate surface area is 121 Å². The number of hydrogen-bond acceptors (Lipinski definition) is 3. The highest BCUT2D eigenvalue weighted by Crippen LogP contribution is 2.11. The van der Waals surface area contributed by atoms with Gasteiger partial charge in [0.15, 0.2) is 0 Å². The van der Waals surface area contributed by atoms with Crippen molar-refractivity contribution in [2.75, 3.05) is 12.4 Å². The lowest BCUT2D eigenvalue weighted by Gasteiger charge is -2.17. The standard InChI is InChI=1S/C14H16N4O3/c1-18(9-11-7-15-16-8-11)14(21)17-12-4-2-10(3-5-12)6-13(19)20/h2-5,7-8H,6,9H2,1H3,(H,15,16)(H,17,21)(H,19,20). The quantitative estimate of drug-likeness (QED) is 0.779. The van der Waals surface area contributed by atoms with Crippen molar-refractivity contribution >= 4 is 17.7 Å². The third kappa shape index (κ3) is 4.34. The van der Waals surface area contributed by atoms with E-state index in [-0.39, 0.29) is 12.5 Å². The Hall–Kier alpha value is -2.83. The van der Waals surface area contributed by atoms with E-state index in [1.807, 2.05) is 0 Å². The molecule has 3 N–H and O–H groups in total. The zero-order valence-electron chi connectivity index (χ0n) is 11.5. The third-order valence-corrected chi connectivity index (χ3v) is 2.88. The first-order valence-electron chi connectivity index (χ1n) is 6.35. The van der Waals surface area contributed by atoms with Crippen molar-refractivity contribution in [2.24, 2.45) is 0 Å². The van der Waals surface area contributed by atoms with E-state index in [9.17, 15) is 9.59 Å². The Morgan fingerprint density at radius 2 is 2.00 bits per heavy atom. The lowest BCUT2D eigenvalue weighted by molar-refractivity contribution is -0.136. The van der Waals surface area contributed by atoms with Crippen molar-refractivity contribution in [2.45, 2.75) is 13.0 Å². The molecule has 0 bridgehead atoms. The Morgan fingerprint density at radius 3 is 2.57 bits per heavy atom. The van der Waals surface area contributed by atoms with Crippen LogP contribution in [-0.4, -0.2) is 39.3 Å². The summed E-state index contributed by atoms with van der Waals surface area (Å²) in [5, 5.41) is 17.9. The van der Waals surface area contributed by atoms with Crippen LogP contribution in [0.1, 0.15) is 11.1 Å². The molecule has 0 spiro atoms. The number of carboxylic acids is 1. The second-order valence-corrected chi connectivity index (χ2v) is 4.66. The van der Waals surface area contributed by atoms with E-state index in [0.29, 0.717) is 17.8 Å². The number of nitrogens with one attached hydrogen (secondary N) is 2. The van der Waals surface area contributed by atoms with E-state index >= 15 is 0 Å². The molecule has 0 atom stereocenters. The highest BCUT2D eigenvalue weighted by atomic mass is 16.4. The van der Waals surface area contributed by atoms with Gasteiger partial charge in [-0.1, -0.05) is 12.1 Å². The van der Waals surface area contributed by atoms with Crippen molar-refractivity contribution in [3.63, 3.8) is 0 Å². The van der Waals surface area contributed by atoms with Crippen LogP contribution in [0.4, 0.5) is 10.5 Å². The van der Waals surface area contributed by atoms with Crippen molar-refractivity contribution in [1.29, 1.82) is 0 Å².